The van der Waals surface area contributed by atoms with E-state index in [-0.39, 0.29) is 5.41 Å². The average Bonchev–Trinajstić information content (AvgIpc) is 3.47. The van der Waals surface area contributed by atoms with E-state index in [9.17, 15) is 0 Å². The van der Waals surface area contributed by atoms with Crippen LogP contribution in [0.4, 0.5) is 0 Å². The van der Waals surface area contributed by atoms with Gasteiger partial charge >= 0.3 is 0 Å². The number of aromatic nitrogens is 5. The first-order valence-corrected chi connectivity index (χ1v) is 14.2. The predicted octanol–water partition coefficient (Wildman–Crippen LogP) is 8.64. The zero-order valence-electron chi connectivity index (χ0n) is 23.2. The fraction of sp³-hybridized carbons (Fsp3) is 0.0811. The third kappa shape index (κ3) is 3.13. The van der Waals surface area contributed by atoms with Gasteiger partial charge < -0.3 is 0 Å². The zero-order valence-corrected chi connectivity index (χ0v) is 23.2. The lowest BCUT2D eigenvalue weighted by atomic mass is 9.82. The van der Waals surface area contributed by atoms with Crippen molar-refractivity contribution >= 4 is 43.7 Å². The van der Waals surface area contributed by atoms with Crippen molar-refractivity contribution in [1.82, 2.24) is 24.5 Å². The standard InChI is InChI=1S/C37H25N5/c1-37(2)29-13-7-5-11-25(29)27-20-24(15-16-30(27)37)33-34-35(39-18-17-38-34)41-36(40-33)42-31-14-8-6-12-26(31)28-19-22-9-3-4-10-23(22)21-32(28)42/h3-21H,1-2H3. The van der Waals surface area contributed by atoms with Gasteiger partial charge in [-0.2, -0.15) is 4.98 Å². The summed E-state index contributed by atoms with van der Waals surface area (Å²) in [5.41, 5.74) is 10.3. The first-order valence-electron chi connectivity index (χ1n) is 14.2. The molecule has 0 atom stereocenters. The van der Waals surface area contributed by atoms with Gasteiger partial charge in [-0.05, 0) is 57.3 Å². The molecule has 8 aromatic rings. The first-order chi connectivity index (χ1) is 20.6. The Morgan fingerprint density at radius 1 is 0.595 bits per heavy atom. The lowest BCUT2D eigenvalue weighted by Crippen LogP contribution is -2.14. The van der Waals surface area contributed by atoms with Crippen LogP contribution in [0.2, 0.25) is 0 Å². The minimum atomic E-state index is -0.0606. The van der Waals surface area contributed by atoms with E-state index in [1.54, 1.807) is 12.4 Å². The molecule has 0 saturated carbocycles. The summed E-state index contributed by atoms with van der Waals surface area (Å²) in [6, 6.07) is 36.8. The van der Waals surface area contributed by atoms with Crippen molar-refractivity contribution in [3.8, 4) is 28.3 Å². The van der Waals surface area contributed by atoms with Crippen molar-refractivity contribution < 1.29 is 0 Å². The van der Waals surface area contributed by atoms with Crippen LogP contribution in [0.15, 0.2) is 116 Å². The van der Waals surface area contributed by atoms with Crippen LogP contribution in [-0.2, 0) is 5.41 Å². The topological polar surface area (TPSA) is 56.5 Å². The number of nitrogens with zero attached hydrogens (tertiary/aromatic N) is 5. The summed E-state index contributed by atoms with van der Waals surface area (Å²) in [6.07, 6.45) is 3.41. The second-order valence-corrected chi connectivity index (χ2v) is 11.6. The molecule has 3 aromatic heterocycles. The second-order valence-electron chi connectivity index (χ2n) is 11.6. The molecule has 0 N–H and O–H groups in total. The molecule has 5 nitrogen and oxygen atoms in total. The fourth-order valence-electron chi connectivity index (χ4n) is 6.89. The Morgan fingerprint density at radius 3 is 2.24 bits per heavy atom. The maximum absolute atomic E-state index is 5.26. The number of rotatable bonds is 2. The normalized spacial score (nSPS) is 13.7. The smallest absolute Gasteiger partial charge is 0.237 e. The zero-order chi connectivity index (χ0) is 28.0. The quantitative estimate of drug-likeness (QED) is 0.221. The van der Waals surface area contributed by atoms with Crippen LogP contribution in [-0.4, -0.2) is 24.5 Å². The Kier molecular flexibility index (Phi) is 4.61. The van der Waals surface area contributed by atoms with E-state index in [1.165, 1.54) is 43.8 Å². The van der Waals surface area contributed by atoms with Crippen LogP contribution < -0.4 is 0 Å². The molecule has 0 bridgehead atoms. The van der Waals surface area contributed by atoms with Gasteiger partial charge in [0, 0.05) is 34.1 Å². The van der Waals surface area contributed by atoms with Crippen LogP contribution in [0.3, 0.4) is 0 Å². The third-order valence-electron chi connectivity index (χ3n) is 8.92. The van der Waals surface area contributed by atoms with Crippen LogP contribution in [0, 0.1) is 0 Å². The second kappa shape index (κ2) is 8.30. The summed E-state index contributed by atoms with van der Waals surface area (Å²) in [7, 11) is 0. The van der Waals surface area contributed by atoms with E-state index in [0.717, 1.165) is 22.3 Å². The van der Waals surface area contributed by atoms with Crippen LogP contribution in [0.25, 0.3) is 72.1 Å². The Bertz CT molecular complexity index is 2400. The van der Waals surface area contributed by atoms with Crippen molar-refractivity contribution in [2.24, 2.45) is 0 Å². The molecule has 3 heterocycles. The molecule has 0 spiro atoms. The number of hydrogen-bond donors (Lipinski definition) is 0. The van der Waals surface area contributed by atoms with E-state index in [1.807, 2.05) is 0 Å². The van der Waals surface area contributed by atoms with E-state index in [2.05, 4.69) is 127 Å². The van der Waals surface area contributed by atoms with Crippen molar-refractivity contribution in [1.29, 1.82) is 0 Å². The molecular weight excluding hydrogens is 514 g/mol. The van der Waals surface area contributed by atoms with Crippen LogP contribution in [0.1, 0.15) is 25.0 Å². The van der Waals surface area contributed by atoms with Gasteiger partial charge in [-0.25, -0.2) is 15.0 Å². The molecule has 0 saturated heterocycles. The lowest BCUT2D eigenvalue weighted by molar-refractivity contribution is 0.660. The average molecular weight is 540 g/mol. The summed E-state index contributed by atoms with van der Waals surface area (Å²) >= 11 is 0. The molecule has 1 aliphatic carbocycles. The Hall–Kier alpha value is -5.42. The van der Waals surface area contributed by atoms with Gasteiger partial charge in [0.05, 0.1) is 11.0 Å². The molecule has 0 radical (unpaired) electrons. The monoisotopic (exact) mass is 539 g/mol. The largest absolute Gasteiger partial charge is 0.278 e. The SMILES string of the molecule is CC1(C)c2ccccc2-c2cc(-c3nc(-n4c5ccccc5c5cc6ccccc6cc54)nc4nccnc34)ccc21. The maximum atomic E-state index is 5.26. The van der Waals surface area contributed by atoms with Gasteiger partial charge in [-0.15, -0.1) is 0 Å². The molecule has 9 rings (SSSR count). The van der Waals surface area contributed by atoms with Gasteiger partial charge in [-0.3, -0.25) is 4.57 Å². The van der Waals surface area contributed by atoms with Crippen molar-refractivity contribution in [2.45, 2.75) is 19.3 Å². The predicted molar refractivity (Wildman–Crippen MR) is 170 cm³/mol. The Balaban J connectivity index is 1.35. The number of benzene rings is 5. The molecular formula is C37H25N5. The highest BCUT2D eigenvalue weighted by Crippen LogP contribution is 2.49. The van der Waals surface area contributed by atoms with Crippen LogP contribution >= 0.6 is 0 Å². The van der Waals surface area contributed by atoms with Gasteiger partial charge in [0.25, 0.3) is 0 Å². The molecule has 1 aliphatic rings. The van der Waals surface area contributed by atoms with E-state index < -0.39 is 0 Å². The van der Waals surface area contributed by atoms with E-state index in [4.69, 9.17) is 15.0 Å². The molecule has 5 heteroatoms. The van der Waals surface area contributed by atoms with E-state index in [0.29, 0.717) is 17.1 Å². The number of hydrogen-bond acceptors (Lipinski definition) is 4. The molecule has 42 heavy (non-hydrogen) atoms. The summed E-state index contributed by atoms with van der Waals surface area (Å²) in [4.78, 5) is 19.6. The van der Waals surface area contributed by atoms with E-state index >= 15 is 0 Å². The lowest BCUT2D eigenvalue weighted by Gasteiger charge is -2.21. The molecule has 198 valence electrons. The van der Waals surface area contributed by atoms with Crippen molar-refractivity contribution in [3.05, 3.63) is 127 Å². The Labute approximate surface area is 242 Å². The molecule has 0 aliphatic heterocycles. The van der Waals surface area contributed by atoms with Crippen molar-refractivity contribution in [3.63, 3.8) is 0 Å². The summed E-state index contributed by atoms with van der Waals surface area (Å²) in [5, 5.41) is 4.72. The minimum Gasteiger partial charge on any atom is -0.278 e. The highest BCUT2D eigenvalue weighted by molar-refractivity contribution is 6.13. The van der Waals surface area contributed by atoms with Crippen molar-refractivity contribution in [2.75, 3.05) is 0 Å². The number of fused-ring (bicyclic) bond motifs is 8. The summed E-state index contributed by atoms with van der Waals surface area (Å²) < 4.78 is 2.17. The molecule has 0 amide bonds. The summed E-state index contributed by atoms with van der Waals surface area (Å²) in [6.45, 7) is 4.60. The minimum absolute atomic E-state index is 0.0606. The maximum Gasteiger partial charge on any atom is 0.237 e. The molecule has 0 unspecified atom stereocenters. The summed E-state index contributed by atoms with van der Waals surface area (Å²) in [5.74, 6) is 0.584. The third-order valence-corrected chi connectivity index (χ3v) is 8.92. The van der Waals surface area contributed by atoms with Gasteiger partial charge in [0.1, 0.15) is 11.2 Å². The van der Waals surface area contributed by atoms with Gasteiger partial charge in [-0.1, -0.05) is 92.7 Å². The Morgan fingerprint density at radius 2 is 1.33 bits per heavy atom. The van der Waals surface area contributed by atoms with Gasteiger partial charge in [0.2, 0.25) is 5.95 Å². The number of para-hydroxylation sites is 1. The molecule has 0 fully saturated rings. The first kappa shape index (κ1) is 23.3. The fourth-order valence-corrected chi connectivity index (χ4v) is 6.89. The molecule has 5 aromatic carbocycles. The van der Waals surface area contributed by atoms with Crippen LogP contribution in [0.5, 0.6) is 0 Å². The van der Waals surface area contributed by atoms with Gasteiger partial charge in [0.15, 0.2) is 5.65 Å². The highest BCUT2D eigenvalue weighted by Gasteiger charge is 2.35. The highest BCUT2D eigenvalue weighted by atomic mass is 15.2.